The first kappa shape index (κ1) is 52.7. The molecule has 0 radical (unpaired) electrons. The summed E-state index contributed by atoms with van der Waals surface area (Å²) in [5.41, 5.74) is 15.0. The maximum atomic E-state index is 5.91. The summed E-state index contributed by atoms with van der Waals surface area (Å²) in [7, 11) is 1.75. The first-order valence-electron chi connectivity index (χ1n) is 27.3. The number of pyridine rings is 4. The van der Waals surface area contributed by atoms with Gasteiger partial charge in [0, 0.05) is 52.0 Å². The van der Waals surface area contributed by atoms with E-state index in [1.54, 1.807) is 7.11 Å². The fraction of sp³-hybridized carbons (Fsp3) is 0.492. The number of benzene rings is 3. The van der Waals surface area contributed by atoms with Crippen LogP contribution in [0.4, 0.5) is 5.69 Å². The minimum absolute atomic E-state index is 0.128. The van der Waals surface area contributed by atoms with Crippen LogP contribution in [0, 0.1) is 12.8 Å². The van der Waals surface area contributed by atoms with Crippen molar-refractivity contribution in [2.45, 2.75) is 144 Å². The lowest BCUT2D eigenvalue weighted by Gasteiger charge is -2.33. The fourth-order valence-corrected chi connectivity index (χ4v) is 10.5. The molecule has 1 unspecified atom stereocenters. The van der Waals surface area contributed by atoms with Crippen LogP contribution < -0.4 is 28.6 Å². The number of anilines is 1. The largest absolute Gasteiger partial charge is 0.496 e. The number of hydrogen-bond acceptors (Lipinski definition) is 11. The molecule has 0 bridgehead atoms. The number of para-hydroxylation sites is 1. The number of aromatic nitrogens is 4. The molecule has 0 N–H and O–H groups in total. The molecule has 8 heterocycles. The SMILES string of the molecule is CC(C)(C)c1ccc2nc3c(c(N4CCOCC4)c2c1)CCCO3.CC(C)COc1ccc2ccccc2n1.COc1c2c(nc3c1CCCO3)CCC2.Cc1c2c(nc3ccc(C(C)(C)C)cc13)OC(C)CC2. The fourth-order valence-electron chi connectivity index (χ4n) is 10.5. The standard InChI is InChI=1S/C20H26N2O2.C18H23NO.C13H15NO.C12H15NO2/c1-20(2,3)14-6-7-17-16(13-14)18(22-8-11-23-12-9-22)15-5-4-10-24-19(15)21-17;1-11-6-8-14-12(2)15-10-13(18(3,4)5)7-9-16(15)19-17(14)20-11;1-10(2)9-15-13-8-7-11-5-3-4-6-12(11)14-13;1-14-11-8-4-2-6-10(8)13-12-9(11)5-3-7-15-12/h6-7,13H,4-5,8-12H2,1-3H3;7,9-11H,6,8H2,1-5H3;3-8,10H,9H2,1-2H3;2-7H2,1H3. The summed E-state index contributed by atoms with van der Waals surface area (Å²) >= 11 is 0. The molecule has 0 spiro atoms. The van der Waals surface area contributed by atoms with Crippen molar-refractivity contribution in [2.75, 3.05) is 58.1 Å². The number of fused-ring (bicyclic) bond motifs is 7. The van der Waals surface area contributed by atoms with E-state index in [4.69, 9.17) is 38.4 Å². The van der Waals surface area contributed by atoms with Crippen molar-refractivity contribution in [1.82, 2.24) is 19.9 Å². The van der Waals surface area contributed by atoms with Gasteiger partial charge in [-0.2, -0.15) is 0 Å². The van der Waals surface area contributed by atoms with Gasteiger partial charge in [0.25, 0.3) is 0 Å². The molecule has 3 aromatic carbocycles. The summed E-state index contributed by atoms with van der Waals surface area (Å²) in [6.07, 6.45) is 10.0. The number of ether oxygens (including phenoxy) is 6. The third kappa shape index (κ3) is 12.0. The van der Waals surface area contributed by atoms with Gasteiger partial charge in [-0.1, -0.05) is 85.7 Å². The average Bonchev–Trinajstić information content (AvgIpc) is 3.87. The Balaban J connectivity index is 0.000000124. The van der Waals surface area contributed by atoms with E-state index >= 15 is 0 Å². The predicted molar refractivity (Wildman–Crippen MR) is 300 cm³/mol. The molecule has 11 nitrogen and oxygen atoms in total. The van der Waals surface area contributed by atoms with Crippen LogP contribution in [-0.2, 0) is 47.7 Å². The maximum Gasteiger partial charge on any atom is 0.220 e. The summed E-state index contributed by atoms with van der Waals surface area (Å²) in [4.78, 5) is 21.0. The van der Waals surface area contributed by atoms with Crippen molar-refractivity contribution in [3.8, 4) is 29.3 Å². The average molecular weight is 1000 g/mol. The zero-order valence-electron chi connectivity index (χ0n) is 46.1. The topological polar surface area (TPSA) is 110 Å². The molecule has 0 amide bonds. The highest BCUT2D eigenvalue weighted by Crippen LogP contribution is 2.42. The number of nitrogens with zero attached hydrogens (tertiary/aromatic N) is 5. The second-order valence-corrected chi connectivity index (χ2v) is 23.0. The minimum atomic E-state index is 0.128. The maximum absolute atomic E-state index is 5.91. The summed E-state index contributed by atoms with van der Waals surface area (Å²) in [6, 6.07) is 25.3. The Morgan fingerprint density at radius 2 is 1.27 bits per heavy atom. The lowest BCUT2D eigenvalue weighted by Crippen LogP contribution is -2.37. The van der Waals surface area contributed by atoms with Crippen molar-refractivity contribution in [3.05, 3.63) is 117 Å². The third-order valence-corrected chi connectivity index (χ3v) is 14.7. The second-order valence-electron chi connectivity index (χ2n) is 23.0. The van der Waals surface area contributed by atoms with Gasteiger partial charge in [-0.3, -0.25) is 0 Å². The van der Waals surface area contributed by atoms with Crippen molar-refractivity contribution in [2.24, 2.45) is 5.92 Å². The second kappa shape index (κ2) is 22.7. The highest BCUT2D eigenvalue weighted by Gasteiger charge is 2.28. The van der Waals surface area contributed by atoms with E-state index in [9.17, 15) is 0 Å². The molecule has 0 saturated carbocycles. The van der Waals surface area contributed by atoms with Gasteiger partial charge in [0.15, 0.2) is 0 Å². The summed E-state index contributed by atoms with van der Waals surface area (Å²) in [5.74, 6) is 4.78. The Morgan fingerprint density at radius 3 is 1.96 bits per heavy atom. The smallest absolute Gasteiger partial charge is 0.220 e. The van der Waals surface area contributed by atoms with Crippen molar-refractivity contribution in [1.29, 1.82) is 0 Å². The molecule has 4 aliphatic heterocycles. The molecule has 392 valence electrons. The van der Waals surface area contributed by atoms with Gasteiger partial charge in [0.2, 0.25) is 23.5 Å². The van der Waals surface area contributed by atoms with E-state index in [1.165, 1.54) is 67.5 Å². The molecule has 1 saturated heterocycles. The Morgan fingerprint density at radius 1 is 0.635 bits per heavy atom. The molecule has 12 rings (SSSR count). The normalized spacial score (nSPS) is 16.9. The Hall–Kier alpha value is -6.20. The summed E-state index contributed by atoms with van der Waals surface area (Å²) in [5, 5.41) is 3.68. The molecule has 1 fully saturated rings. The van der Waals surface area contributed by atoms with Crippen LogP contribution in [0.5, 0.6) is 29.3 Å². The van der Waals surface area contributed by atoms with E-state index in [0.29, 0.717) is 18.4 Å². The first-order valence-corrected chi connectivity index (χ1v) is 27.3. The molecule has 11 heteroatoms. The van der Waals surface area contributed by atoms with Crippen molar-refractivity contribution in [3.63, 3.8) is 0 Å². The van der Waals surface area contributed by atoms with E-state index in [1.807, 2.05) is 30.3 Å². The first-order chi connectivity index (χ1) is 35.5. The van der Waals surface area contributed by atoms with Crippen LogP contribution in [0.2, 0.25) is 0 Å². The predicted octanol–water partition coefficient (Wildman–Crippen LogP) is 13.4. The Kier molecular flexibility index (Phi) is 16.2. The molecular weight excluding hydrogens is 923 g/mol. The summed E-state index contributed by atoms with van der Waals surface area (Å²) in [6.45, 7) is 27.8. The number of morpholine rings is 1. The van der Waals surface area contributed by atoms with Crippen molar-refractivity contribution < 1.29 is 28.4 Å². The van der Waals surface area contributed by atoms with Gasteiger partial charge in [-0.05, 0) is 141 Å². The monoisotopic (exact) mass is 1000 g/mol. The van der Waals surface area contributed by atoms with E-state index in [-0.39, 0.29) is 16.9 Å². The van der Waals surface area contributed by atoms with Crippen LogP contribution in [0.15, 0.2) is 72.8 Å². The molecule has 4 aromatic heterocycles. The van der Waals surface area contributed by atoms with E-state index in [0.717, 1.165) is 136 Å². The third-order valence-electron chi connectivity index (χ3n) is 14.7. The zero-order chi connectivity index (χ0) is 52.1. The van der Waals surface area contributed by atoms with Crippen LogP contribution in [0.1, 0.15) is 133 Å². The molecular formula is C63H79N5O6. The molecule has 7 aromatic rings. The zero-order valence-corrected chi connectivity index (χ0v) is 46.1. The highest BCUT2D eigenvalue weighted by atomic mass is 16.5. The number of methoxy groups -OCH3 is 1. The lowest BCUT2D eigenvalue weighted by atomic mass is 9.85. The highest BCUT2D eigenvalue weighted by molar-refractivity contribution is 5.95. The summed E-state index contributed by atoms with van der Waals surface area (Å²) < 4.78 is 34.1. The molecule has 74 heavy (non-hydrogen) atoms. The van der Waals surface area contributed by atoms with Crippen LogP contribution >= 0.6 is 0 Å². The Bertz CT molecular complexity index is 3100. The van der Waals surface area contributed by atoms with Gasteiger partial charge in [0.1, 0.15) is 5.75 Å². The van der Waals surface area contributed by atoms with Gasteiger partial charge in [-0.25, -0.2) is 19.9 Å². The minimum Gasteiger partial charge on any atom is -0.496 e. The van der Waals surface area contributed by atoms with Gasteiger partial charge in [0.05, 0.1) is 79.7 Å². The van der Waals surface area contributed by atoms with Crippen LogP contribution in [-0.4, -0.2) is 79.3 Å². The quantitative estimate of drug-likeness (QED) is 0.164. The van der Waals surface area contributed by atoms with Gasteiger partial charge >= 0.3 is 0 Å². The van der Waals surface area contributed by atoms with Crippen LogP contribution in [0.3, 0.4) is 0 Å². The van der Waals surface area contributed by atoms with Gasteiger partial charge < -0.3 is 33.3 Å². The Labute approximate surface area is 439 Å². The molecule has 5 aliphatic rings. The van der Waals surface area contributed by atoms with Crippen LogP contribution in [0.25, 0.3) is 32.7 Å². The lowest BCUT2D eigenvalue weighted by molar-refractivity contribution is 0.122. The van der Waals surface area contributed by atoms with E-state index in [2.05, 4.69) is 127 Å². The molecule has 1 atom stereocenters. The number of rotatable bonds is 5. The number of aryl methyl sites for hydroxylation is 2. The molecule has 1 aliphatic carbocycles. The van der Waals surface area contributed by atoms with Crippen molar-refractivity contribution >= 4 is 38.4 Å². The van der Waals surface area contributed by atoms with Gasteiger partial charge in [-0.15, -0.1) is 0 Å². The number of hydrogen-bond donors (Lipinski definition) is 0. The van der Waals surface area contributed by atoms with E-state index < -0.39 is 0 Å².